The number of carbonyl (C=O) groups is 1. The summed E-state index contributed by atoms with van der Waals surface area (Å²) in [5, 5.41) is 0.464. The first-order valence-electron chi connectivity index (χ1n) is 6.92. The average molecular weight is 466 g/mol. The minimum Gasteiger partial charge on any atom is -0.375 e. The number of nitrogens with zero attached hydrogens (tertiary/aromatic N) is 2. The summed E-state index contributed by atoms with van der Waals surface area (Å²) in [6.07, 6.45) is 0. The second kappa shape index (κ2) is 6.69. The molecule has 0 spiro atoms. The van der Waals surface area contributed by atoms with Gasteiger partial charge in [-0.25, -0.2) is 8.42 Å². The number of fused-ring (bicyclic) bond motifs is 1. The molecule has 2 aliphatic heterocycles. The van der Waals surface area contributed by atoms with Gasteiger partial charge in [0.1, 0.15) is 6.61 Å². The largest absolute Gasteiger partial charge is 0.375 e. The lowest BCUT2D eigenvalue weighted by Gasteiger charge is -2.24. The molecule has 2 saturated heterocycles. The number of thioether (sulfide) groups is 1. The molecule has 0 N–H and O–H groups in total. The van der Waals surface area contributed by atoms with Gasteiger partial charge in [0.2, 0.25) is 0 Å². The molecule has 124 valence electrons. The molecule has 23 heavy (non-hydrogen) atoms. The Balaban J connectivity index is 1.99. The molecule has 0 unspecified atom stereocenters. The lowest BCUT2D eigenvalue weighted by molar-refractivity contribution is -0.121. The second-order valence-corrected chi connectivity index (χ2v) is 9.98. The molecule has 1 amide bonds. The quantitative estimate of drug-likeness (QED) is 0.630. The summed E-state index contributed by atoms with van der Waals surface area (Å²) in [5.41, 5.74) is 0.859. The maximum Gasteiger partial charge on any atom is 0.274 e. The van der Waals surface area contributed by atoms with Crippen LogP contribution in [0.25, 0.3) is 0 Å². The van der Waals surface area contributed by atoms with Crippen LogP contribution in [-0.2, 0) is 19.4 Å². The zero-order chi connectivity index (χ0) is 16.6. The molecule has 6 nitrogen and oxygen atoms in total. The maximum atomic E-state index is 12.0. The Morgan fingerprint density at radius 1 is 1.48 bits per heavy atom. The molecule has 0 aromatic heterocycles. The van der Waals surface area contributed by atoms with Gasteiger partial charge in [-0.05, 0) is 40.8 Å². The van der Waals surface area contributed by atoms with E-state index in [2.05, 4.69) is 27.6 Å². The van der Waals surface area contributed by atoms with Crippen LogP contribution in [-0.4, -0.2) is 56.0 Å². The number of benzene rings is 1. The number of ether oxygens (including phenoxy) is 1. The lowest BCUT2D eigenvalue weighted by Crippen LogP contribution is -2.37. The molecule has 3 rings (SSSR count). The number of hydrogen-bond acceptors (Lipinski definition) is 5. The van der Waals surface area contributed by atoms with Gasteiger partial charge in [0.25, 0.3) is 5.91 Å². The fourth-order valence-corrected chi connectivity index (χ4v) is 7.21. The van der Waals surface area contributed by atoms with Crippen LogP contribution in [0.1, 0.15) is 0 Å². The summed E-state index contributed by atoms with van der Waals surface area (Å²) in [4.78, 5) is 17.8. The Morgan fingerprint density at radius 2 is 2.26 bits per heavy atom. The predicted molar refractivity (Wildman–Crippen MR) is 99.8 cm³/mol. The summed E-state index contributed by atoms with van der Waals surface area (Å²) in [7, 11) is -1.60. The molecule has 0 saturated carbocycles. The van der Waals surface area contributed by atoms with E-state index >= 15 is 0 Å². The van der Waals surface area contributed by atoms with Crippen LogP contribution in [0.3, 0.4) is 0 Å². The van der Waals surface area contributed by atoms with Crippen molar-refractivity contribution in [2.24, 2.45) is 4.99 Å². The number of sulfone groups is 1. The van der Waals surface area contributed by atoms with E-state index in [-0.39, 0.29) is 35.3 Å². The van der Waals surface area contributed by atoms with E-state index in [0.717, 1.165) is 9.26 Å². The smallest absolute Gasteiger partial charge is 0.274 e. The third kappa shape index (κ3) is 3.72. The second-order valence-electron chi connectivity index (χ2n) is 5.37. The normalized spacial score (nSPS) is 27.4. The van der Waals surface area contributed by atoms with Crippen molar-refractivity contribution < 1.29 is 17.9 Å². The fraction of sp³-hybridized carbons (Fsp3) is 0.429. The summed E-state index contributed by atoms with van der Waals surface area (Å²) in [6, 6.07) is 7.56. The Hall–Kier alpha value is -0.650. The predicted octanol–water partition coefficient (Wildman–Crippen LogP) is 1.54. The van der Waals surface area contributed by atoms with Crippen molar-refractivity contribution in [2.75, 3.05) is 30.1 Å². The number of amides is 1. The van der Waals surface area contributed by atoms with Crippen molar-refractivity contribution in [2.45, 2.75) is 11.3 Å². The van der Waals surface area contributed by atoms with Crippen molar-refractivity contribution in [3.8, 4) is 0 Å². The number of amidine groups is 1. The van der Waals surface area contributed by atoms with E-state index in [0.29, 0.717) is 5.17 Å². The molecule has 0 aliphatic carbocycles. The first-order valence-corrected chi connectivity index (χ1v) is 10.7. The minimum atomic E-state index is -3.05. The van der Waals surface area contributed by atoms with E-state index in [1.54, 1.807) is 0 Å². The van der Waals surface area contributed by atoms with Gasteiger partial charge in [-0.15, -0.1) is 0 Å². The molecule has 0 bridgehead atoms. The molecule has 2 aliphatic rings. The fourth-order valence-electron chi connectivity index (χ4n) is 2.75. The van der Waals surface area contributed by atoms with Crippen molar-refractivity contribution in [3.05, 3.63) is 27.8 Å². The van der Waals surface area contributed by atoms with Crippen LogP contribution in [0.15, 0.2) is 29.3 Å². The van der Waals surface area contributed by atoms with Gasteiger partial charge in [-0.3, -0.25) is 4.79 Å². The number of anilines is 1. The summed E-state index contributed by atoms with van der Waals surface area (Å²) in [6.45, 7) is -0.0855. The molecule has 1 aromatic carbocycles. The van der Waals surface area contributed by atoms with Gasteiger partial charge in [0.15, 0.2) is 15.0 Å². The molecule has 2 fully saturated rings. The number of halogens is 1. The highest BCUT2D eigenvalue weighted by Gasteiger charge is 2.49. The SMILES string of the molecule is COCC(=O)N=C1S[C@@H]2CS(=O)(=O)C[C@@H]2N1c1cccc(I)c1. The zero-order valence-electron chi connectivity index (χ0n) is 12.3. The molecular weight excluding hydrogens is 451 g/mol. The molecule has 2 heterocycles. The zero-order valence-corrected chi connectivity index (χ0v) is 16.1. The number of methoxy groups -OCH3 is 1. The number of hydrogen-bond donors (Lipinski definition) is 0. The Bertz CT molecular complexity index is 766. The molecule has 0 radical (unpaired) electrons. The van der Waals surface area contributed by atoms with E-state index in [1.807, 2.05) is 29.2 Å². The maximum absolute atomic E-state index is 12.0. The highest BCUT2D eigenvalue weighted by Crippen LogP contribution is 2.41. The summed E-state index contributed by atoms with van der Waals surface area (Å²) in [5.74, 6) is -0.151. The molecule has 9 heteroatoms. The van der Waals surface area contributed by atoms with Gasteiger partial charge >= 0.3 is 0 Å². The van der Waals surface area contributed by atoms with Gasteiger partial charge in [0.05, 0.1) is 17.5 Å². The highest BCUT2D eigenvalue weighted by atomic mass is 127. The monoisotopic (exact) mass is 466 g/mol. The molecule has 1 aromatic rings. The van der Waals surface area contributed by atoms with Crippen LogP contribution in [0.4, 0.5) is 5.69 Å². The number of aliphatic imine (C=N–C) groups is 1. The average Bonchev–Trinajstić information content (AvgIpc) is 2.89. The van der Waals surface area contributed by atoms with E-state index in [4.69, 9.17) is 4.74 Å². The molecular formula is C14H15IN2O4S2. The standard InChI is InChI=1S/C14H15IN2O4S2/c1-21-6-13(18)16-14-17(10-4-2-3-9(15)5-10)11-7-23(19,20)8-12(11)22-14/h2-5,11-12H,6-8H2,1H3/t11-,12+/m0/s1. The van der Waals surface area contributed by atoms with Gasteiger partial charge < -0.3 is 9.64 Å². The van der Waals surface area contributed by atoms with Crippen LogP contribution >= 0.6 is 34.4 Å². The van der Waals surface area contributed by atoms with Crippen LogP contribution in [0.2, 0.25) is 0 Å². The highest BCUT2D eigenvalue weighted by molar-refractivity contribution is 14.1. The van der Waals surface area contributed by atoms with Crippen molar-refractivity contribution in [3.63, 3.8) is 0 Å². The van der Waals surface area contributed by atoms with E-state index in [1.165, 1.54) is 18.9 Å². The third-order valence-electron chi connectivity index (χ3n) is 3.64. The molecule has 2 atom stereocenters. The summed E-state index contributed by atoms with van der Waals surface area (Å²) < 4.78 is 29.8. The van der Waals surface area contributed by atoms with Gasteiger partial charge in [-0.2, -0.15) is 4.99 Å². The van der Waals surface area contributed by atoms with E-state index in [9.17, 15) is 13.2 Å². The summed E-state index contributed by atoms with van der Waals surface area (Å²) >= 11 is 3.57. The topological polar surface area (TPSA) is 76.0 Å². The first kappa shape index (κ1) is 17.2. The van der Waals surface area contributed by atoms with Crippen molar-refractivity contribution in [1.29, 1.82) is 0 Å². The Labute approximate surface area is 152 Å². The third-order valence-corrected chi connectivity index (χ3v) is 7.52. The number of carbonyl (C=O) groups excluding carboxylic acids is 1. The Kier molecular flexibility index (Phi) is 5.00. The minimum absolute atomic E-state index is 0.0855. The van der Waals surface area contributed by atoms with Gasteiger partial charge in [-0.1, -0.05) is 17.8 Å². The van der Waals surface area contributed by atoms with E-state index < -0.39 is 9.84 Å². The van der Waals surface area contributed by atoms with Crippen molar-refractivity contribution >= 4 is 61.0 Å². The van der Waals surface area contributed by atoms with Crippen LogP contribution in [0, 0.1) is 3.57 Å². The lowest BCUT2D eigenvalue weighted by atomic mass is 10.2. The first-order chi connectivity index (χ1) is 10.9. The van der Waals surface area contributed by atoms with Crippen LogP contribution < -0.4 is 4.90 Å². The number of rotatable bonds is 3. The van der Waals surface area contributed by atoms with Gasteiger partial charge in [0, 0.05) is 21.6 Å². The Morgan fingerprint density at radius 3 is 2.96 bits per heavy atom. The van der Waals surface area contributed by atoms with Crippen molar-refractivity contribution in [1.82, 2.24) is 0 Å². The van der Waals surface area contributed by atoms with Crippen LogP contribution in [0.5, 0.6) is 0 Å².